The molecule has 2 N–H and O–H groups in total. The summed E-state index contributed by atoms with van der Waals surface area (Å²) in [6.45, 7) is 1.79. The molecule has 0 bridgehead atoms. The van der Waals surface area contributed by atoms with E-state index in [4.69, 9.17) is 0 Å². The molecule has 0 aliphatic carbocycles. The molecule has 10 heteroatoms. The second kappa shape index (κ2) is 6.67. The zero-order valence-corrected chi connectivity index (χ0v) is 14.8. The van der Waals surface area contributed by atoms with Gasteiger partial charge in [0.05, 0.1) is 0 Å². The number of nitrogens with one attached hydrogen (secondary N) is 2. The first-order valence-electron chi connectivity index (χ1n) is 6.72. The van der Waals surface area contributed by atoms with Crippen LogP contribution >= 0.6 is 22.7 Å². The highest BCUT2D eigenvalue weighted by Crippen LogP contribution is 2.21. The summed E-state index contributed by atoms with van der Waals surface area (Å²) in [4.78, 5) is 12.1. The lowest BCUT2D eigenvalue weighted by molar-refractivity contribution is 0.102. The molecule has 124 valence electrons. The Hall–Kier alpha value is -2.30. The van der Waals surface area contributed by atoms with Gasteiger partial charge in [-0.1, -0.05) is 17.4 Å². The third kappa shape index (κ3) is 3.78. The maximum absolute atomic E-state index is 12.1. The van der Waals surface area contributed by atoms with Crippen molar-refractivity contribution in [1.29, 1.82) is 0 Å². The van der Waals surface area contributed by atoms with Crippen LogP contribution in [0.5, 0.6) is 0 Å². The molecule has 0 radical (unpaired) electrons. The summed E-state index contributed by atoms with van der Waals surface area (Å²) < 4.78 is 27.0. The molecule has 0 saturated heterocycles. The zero-order chi connectivity index (χ0) is 17.2. The number of carbonyl (C=O) groups excluding carboxylic acids is 1. The number of sulfonamides is 1. The minimum absolute atomic E-state index is 0.232. The number of aryl methyl sites for hydroxylation is 1. The van der Waals surface area contributed by atoms with Crippen LogP contribution in [-0.4, -0.2) is 24.5 Å². The van der Waals surface area contributed by atoms with Crippen LogP contribution < -0.4 is 10.0 Å². The molecule has 7 nitrogen and oxygen atoms in total. The molecule has 2 heterocycles. The van der Waals surface area contributed by atoms with Gasteiger partial charge in [0, 0.05) is 11.3 Å². The van der Waals surface area contributed by atoms with Gasteiger partial charge in [-0.15, -0.1) is 21.5 Å². The Balaban J connectivity index is 1.70. The number of rotatable bonds is 5. The monoisotopic (exact) mass is 380 g/mol. The van der Waals surface area contributed by atoms with Crippen LogP contribution in [0.4, 0.5) is 10.8 Å². The zero-order valence-electron chi connectivity index (χ0n) is 12.4. The summed E-state index contributed by atoms with van der Waals surface area (Å²) in [7, 11) is -3.60. The Morgan fingerprint density at radius 2 is 1.88 bits per heavy atom. The van der Waals surface area contributed by atoms with Gasteiger partial charge in [0.1, 0.15) is 9.22 Å². The van der Waals surface area contributed by atoms with E-state index in [2.05, 4.69) is 20.2 Å². The fourth-order valence-electron chi connectivity index (χ4n) is 1.83. The van der Waals surface area contributed by atoms with E-state index in [-0.39, 0.29) is 10.1 Å². The van der Waals surface area contributed by atoms with Crippen molar-refractivity contribution >= 4 is 49.4 Å². The van der Waals surface area contributed by atoms with Crippen molar-refractivity contribution in [2.45, 2.75) is 11.1 Å². The third-order valence-corrected chi connectivity index (χ3v) is 6.44. The number of benzene rings is 1. The average molecular weight is 380 g/mol. The molecule has 0 spiro atoms. The molecule has 0 unspecified atom stereocenters. The molecule has 3 rings (SSSR count). The van der Waals surface area contributed by atoms with Gasteiger partial charge >= 0.3 is 0 Å². The van der Waals surface area contributed by atoms with Crippen LogP contribution in [0.2, 0.25) is 0 Å². The van der Waals surface area contributed by atoms with E-state index in [0.717, 1.165) is 16.3 Å². The Labute approximate surface area is 146 Å². The maximum atomic E-state index is 12.1. The molecule has 1 amide bonds. The highest BCUT2D eigenvalue weighted by atomic mass is 32.2. The fourth-order valence-corrected chi connectivity index (χ4v) is 4.47. The third-order valence-electron chi connectivity index (χ3n) is 2.91. The lowest BCUT2D eigenvalue weighted by Crippen LogP contribution is -2.13. The van der Waals surface area contributed by atoms with Crippen LogP contribution in [0.3, 0.4) is 0 Å². The number of hydrogen-bond donors (Lipinski definition) is 2. The SMILES string of the molecule is Cc1nnc(NC(=O)c2ccc(NS(=O)(=O)c3cccs3)cc2)s1. The molecule has 0 aliphatic heterocycles. The van der Waals surface area contributed by atoms with E-state index < -0.39 is 10.0 Å². The number of amides is 1. The van der Waals surface area contributed by atoms with Gasteiger partial charge in [0.2, 0.25) is 5.13 Å². The Morgan fingerprint density at radius 3 is 2.46 bits per heavy atom. The molecule has 1 aromatic carbocycles. The lowest BCUT2D eigenvalue weighted by Gasteiger charge is -2.07. The topological polar surface area (TPSA) is 101 Å². The van der Waals surface area contributed by atoms with E-state index in [1.165, 1.54) is 41.7 Å². The summed E-state index contributed by atoms with van der Waals surface area (Å²) in [6.07, 6.45) is 0. The summed E-state index contributed by atoms with van der Waals surface area (Å²) in [5.41, 5.74) is 0.772. The predicted molar refractivity (Wildman–Crippen MR) is 94.2 cm³/mol. The highest BCUT2D eigenvalue weighted by molar-refractivity contribution is 7.94. The van der Waals surface area contributed by atoms with E-state index in [9.17, 15) is 13.2 Å². The summed E-state index contributed by atoms with van der Waals surface area (Å²) in [6, 6.07) is 9.34. The van der Waals surface area contributed by atoms with Gasteiger partial charge in [-0.25, -0.2) is 8.42 Å². The van der Waals surface area contributed by atoms with Crippen molar-refractivity contribution in [3.8, 4) is 0 Å². The highest BCUT2D eigenvalue weighted by Gasteiger charge is 2.15. The van der Waals surface area contributed by atoms with Crippen molar-refractivity contribution in [1.82, 2.24) is 10.2 Å². The van der Waals surface area contributed by atoms with Gasteiger partial charge < -0.3 is 0 Å². The lowest BCUT2D eigenvalue weighted by atomic mass is 10.2. The first-order chi connectivity index (χ1) is 11.4. The van der Waals surface area contributed by atoms with Crippen LogP contribution in [0.15, 0.2) is 46.0 Å². The quantitative estimate of drug-likeness (QED) is 0.709. The van der Waals surface area contributed by atoms with E-state index >= 15 is 0 Å². The minimum atomic E-state index is -3.60. The van der Waals surface area contributed by atoms with Crippen LogP contribution in [0, 0.1) is 6.92 Å². The number of nitrogens with zero attached hydrogens (tertiary/aromatic N) is 2. The molecular formula is C14H12N4O3S3. The van der Waals surface area contributed by atoms with Gasteiger partial charge in [0.25, 0.3) is 15.9 Å². The van der Waals surface area contributed by atoms with E-state index in [0.29, 0.717) is 16.4 Å². The van der Waals surface area contributed by atoms with Gasteiger partial charge in [0.15, 0.2) is 0 Å². The van der Waals surface area contributed by atoms with Gasteiger partial charge in [-0.05, 0) is 42.6 Å². The molecule has 0 atom stereocenters. The number of carbonyl (C=O) groups is 1. The Bertz CT molecular complexity index is 948. The summed E-state index contributed by atoms with van der Waals surface area (Å²) in [5.74, 6) is -0.334. The first kappa shape index (κ1) is 16.6. The van der Waals surface area contributed by atoms with Crippen molar-refractivity contribution in [2.24, 2.45) is 0 Å². The minimum Gasteiger partial charge on any atom is -0.296 e. The van der Waals surface area contributed by atoms with Crippen LogP contribution in [-0.2, 0) is 10.0 Å². The molecule has 3 aromatic rings. The molecule has 2 aromatic heterocycles. The number of thiophene rings is 1. The largest absolute Gasteiger partial charge is 0.296 e. The Kier molecular flexibility index (Phi) is 4.60. The van der Waals surface area contributed by atoms with Crippen molar-refractivity contribution in [3.63, 3.8) is 0 Å². The number of hydrogen-bond acceptors (Lipinski definition) is 7. The normalized spacial score (nSPS) is 11.2. The maximum Gasteiger partial charge on any atom is 0.271 e. The summed E-state index contributed by atoms with van der Waals surface area (Å²) in [5, 5.41) is 13.1. The fraction of sp³-hybridized carbons (Fsp3) is 0.0714. The van der Waals surface area contributed by atoms with Crippen molar-refractivity contribution in [2.75, 3.05) is 10.0 Å². The second-order valence-electron chi connectivity index (χ2n) is 4.70. The predicted octanol–water partition coefficient (Wildman–Crippen LogP) is 2.96. The molecule has 0 fully saturated rings. The van der Waals surface area contributed by atoms with E-state index in [1.54, 1.807) is 18.4 Å². The Morgan fingerprint density at radius 1 is 1.12 bits per heavy atom. The smallest absolute Gasteiger partial charge is 0.271 e. The molecule has 0 aliphatic rings. The standard InChI is InChI=1S/C14H12N4O3S3/c1-9-16-17-14(23-9)15-13(19)10-4-6-11(7-5-10)18-24(20,21)12-3-2-8-22-12/h2-8,18H,1H3,(H,15,17,19). The van der Waals surface area contributed by atoms with Crippen molar-refractivity contribution in [3.05, 3.63) is 52.3 Å². The summed E-state index contributed by atoms with van der Waals surface area (Å²) >= 11 is 2.41. The second-order valence-corrected chi connectivity index (χ2v) is 8.73. The number of aromatic nitrogens is 2. The molecular weight excluding hydrogens is 368 g/mol. The van der Waals surface area contributed by atoms with Gasteiger partial charge in [-0.3, -0.25) is 14.8 Å². The van der Waals surface area contributed by atoms with E-state index in [1.807, 2.05) is 0 Å². The molecule has 24 heavy (non-hydrogen) atoms. The van der Waals surface area contributed by atoms with Crippen LogP contribution in [0.25, 0.3) is 0 Å². The van der Waals surface area contributed by atoms with Crippen molar-refractivity contribution < 1.29 is 13.2 Å². The number of anilines is 2. The van der Waals surface area contributed by atoms with Gasteiger partial charge in [-0.2, -0.15) is 0 Å². The van der Waals surface area contributed by atoms with Crippen LogP contribution in [0.1, 0.15) is 15.4 Å². The molecule has 0 saturated carbocycles. The average Bonchev–Trinajstić information content (AvgIpc) is 3.20. The first-order valence-corrected chi connectivity index (χ1v) is 9.90.